The molecule has 1 radical (unpaired) electrons. The largest absolute Gasteiger partial charge is 0.349 e. The van der Waals surface area contributed by atoms with Crippen molar-refractivity contribution in [1.82, 2.24) is 4.90 Å². The molecular formula is C6H14NO2. The van der Waals surface area contributed by atoms with E-state index in [1.807, 2.05) is 25.9 Å². The van der Waals surface area contributed by atoms with E-state index >= 15 is 0 Å². The SMILES string of the molecule is CCOC([O])CN(C)C. The molecule has 0 heterocycles. The number of nitrogens with zero attached hydrogens (tertiary/aromatic N) is 1. The Kier molecular flexibility index (Phi) is 4.67. The lowest BCUT2D eigenvalue weighted by Gasteiger charge is -2.12. The Morgan fingerprint density at radius 1 is 1.56 bits per heavy atom. The summed E-state index contributed by atoms with van der Waals surface area (Å²) >= 11 is 0. The van der Waals surface area contributed by atoms with Crippen molar-refractivity contribution in [2.24, 2.45) is 0 Å². The fourth-order valence-corrected chi connectivity index (χ4v) is 0.537. The van der Waals surface area contributed by atoms with Crippen LogP contribution in [0.3, 0.4) is 0 Å². The average molecular weight is 132 g/mol. The molecule has 3 heteroatoms. The van der Waals surface area contributed by atoms with E-state index in [4.69, 9.17) is 4.74 Å². The van der Waals surface area contributed by atoms with Gasteiger partial charge in [0.25, 0.3) is 0 Å². The van der Waals surface area contributed by atoms with Crippen LogP contribution in [0, 0.1) is 0 Å². The molecule has 0 aromatic rings. The van der Waals surface area contributed by atoms with Crippen molar-refractivity contribution in [3.05, 3.63) is 0 Å². The fourth-order valence-electron chi connectivity index (χ4n) is 0.537. The summed E-state index contributed by atoms with van der Waals surface area (Å²) in [6, 6.07) is 0. The molecule has 0 aliphatic heterocycles. The van der Waals surface area contributed by atoms with Crippen molar-refractivity contribution in [3.63, 3.8) is 0 Å². The highest BCUT2D eigenvalue weighted by Crippen LogP contribution is 1.88. The second-order valence-electron chi connectivity index (χ2n) is 2.15. The first kappa shape index (κ1) is 8.88. The zero-order valence-corrected chi connectivity index (χ0v) is 6.26. The van der Waals surface area contributed by atoms with Crippen molar-refractivity contribution in [3.8, 4) is 0 Å². The predicted molar refractivity (Wildman–Crippen MR) is 34.7 cm³/mol. The van der Waals surface area contributed by atoms with Gasteiger partial charge in [-0.15, -0.1) is 0 Å². The minimum atomic E-state index is -0.884. The van der Waals surface area contributed by atoms with Crippen molar-refractivity contribution in [2.75, 3.05) is 27.2 Å². The Hall–Kier alpha value is -0.120. The molecule has 0 saturated heterocycles. The molecule has 55 valence electrons. The molecule has 9 heavy (non-hydrogen) atoms. The predicted octanol–water partition coefficient (Wildman–Crippen LogP) is 0.341. The average Bonchev–Trinajstić information content (AvgIpc) is 1.63. The zero-order valence-electron chi connectivity index (χ0n) is 6.26. The smallest absolute Gasteiger partial charge is 0.204 e. The van der Waals surface area contributed by atoms with Gasteiger partial charge in [0.05, 0.1) is 6.54 Å². The monoisotopic (exact) mass is 132 g/mol. The Balaban J connectivity index is 3.15. The van der Waals surface area contributed by atoms with E-state index in [1.54, 1.807) is 0 Å². The van der Waals surface area contributed by atoms with Crippen LogP contribution in [-0.2, 0) is 9.84 Å². The summed E-state index contributed by atoms with van der Waals surface area (Å²) in [5.41, 5.74) is 0. The summed E-state index contributed by atoms with van der Waals surface area (Å²) in [4.78, 5) is 1.81. The van der Waals surface area contributed by atoms with Crippen LogP contribution in [0.25, 0.3) is 0 Å². The molecule has 0 amide bonds. The van der Waals surface area contributed by atoms with Gasteiger partial charge >= 0.3 is 0 Å². The number of hydrogen-bond acceptors (Lipinski definition) is 2. The quantitative estimate of drug-likeness (QED) is 0.517. The molecule has 0 saturated carbocycles. The van der Waals surface area contributed by atoms with Gasteiger partial charge < -0.3 is 9.64 Å². The number of likely N-dealkylation sites (N-methyl/N-ethyl adjacent to an activating group) is 1. The van der Waals surface area contributed by atoms with Crippen LogP contribution in [0.2, 0.25) is 0 Å². The fraction of sp³-hybridized carbons (Fsp3) is 1.00. The van der Waals surface area contributed by atoms with Crippen LogP contribution in [0.5, 0.6) is 0 Å². The maximum absolute atomic E-state index is 10.7. The molecule has 0 aliphatic carbocycles. The van der Waals surface area contributed by atoms with Gasteiger partial charge in [-0.3, -0.25) is 0 Å². The van der Waals surface area contributed by atoms with Crippen LogP contribution in [0.15, 0.2) is 0 Å². The lowest BCUT2D eigenvalue weighted by Crippen LogP contribution is -2.26. The number of hydrogen-bond donors (Lipinski definition) is 0. The molecule has 0 spiro atoms. The zero-order chi connectivity index (χ0) is 7.28. The summed E-state index contributed by atoms with van der Waals surface area (Å²) in [5, 5.41) is 10.7. The van der Waals surface area contributed by atoms with Crippen LogP contribution in [0.4, 0.5) is 0 Å². The first-order valence-electron chi connectivity index (χ1n) is 3.09. The van der Waals surface area contributed by atoms with Crippen molar-refractivity contribution in [1.29, 1.82) is 0 Å². The summed E-state index contributed by atoms with van der Waals surface area (Å²) in [5.74, 6) is 0. The highest BCUT2D eigenvalue weighted by atomic mass is 16.6. The Bertz CT molecular complexity index is 66.1. The van der Waals surface area contributed by atoms with E-state index in [2.05, 4.69) is 0 Å². The minimum Gasteiger partial charge on any atom is -0.349 e. The van der Waals surface area contributed by atoms with Gasteiger partial charge in [0.2, 0.25) is 6.29 Å². The van der Waals surface area contributed by atoms with E-state index in [1.165, 1.54) is 0 Å². The molecular weight excluding hydrogens is 118 g/mol. The van der Waals surface area contributed by atoms with E-state index in [-0.39, 0.29) is 0 Å². The van der Waals surface area contributed by atoms with Crippen LogP contribution < -0.4 is 0 Å². The summed E-state index contributed by atoms with van der Waals surface area (Å²) in [6.07, 6.45) is -0.884. The van der Waals surface area contributed by atoms with E-state index in [0.29, 0.717) is 13.2 Å². The van der Waals surface area contributed by atoms with Gasteiger partial charge in [-0.1, -0.05) is 0 Å². The van der Waals surface area contributed by atoms with Gasteiger partial charge in [-0.25, -0.2) is 5.11 Å². The van der Waals surface area contributed by atoms with Crippen LogP contribution in [-0.4, -0.2) is 38.4 Å². The standard InChI is InChI=1S/C6H14NO2/c1-4-9-6(8)5-7(2)3/h6H,4-5H2,1-3H3. The van der Waals surface area contributed by atoms with Gasteiger partial charge in [0.15, 0.2) is 0 Å². The van der Waals surface area contributed by atoms with E-state index < -0.39 is 6.29 Å². The molecule has 0 N–H and O–H groups in total. The topological polar surface area (TPSA) is 32.4 Å². The number of ether oxygens (including phenoxy) is 1. The molecule has 0 aromatic heterocycles. The summed E-state index contributed by atoms with van der Waals surface area (Å²) in [7, 11) is 3.70. The Labute approximate surface area is 56.2 Å². The number of rotatable bonds is 4. The lowest BCUT2D eigenvalue weighted by molar-refractivity contribution is -0.143. The van der Waals surface area contributed by atoms with Gasteiger partial charge in [-0.05, 0) is 21.0 Å². The molecule has 3 nitrogen and oxygen atoms in total. The summed E-state index contributed by atoms with van der Waals surface area (Å²) < 4.78 is 4.76. The molecule has 0 rings (SSSR count). The lowest BCUT2D eigenvalue weighted by atomic mass is 10.6. The van der Waals surface area contributed by atoms with Crippen molar-refractivity contribution < 1.29 is 9.84 Å². The van der Waals surface area contributed by atoms with Crippen molar-refractivity contribution in [2.45, 2.75) is 13.2 Å². The van der Waals surface area contributed by atoms with Crippen LogP contribution >= 0.6 is 0 Å². The molecule has 0 bridgehead atoms. The normalized spacial score (nSPS) is 14.3. The second kappa shape index (κ2) is 4.73. The maximum Gasteiger partial charge on any atom is 0.204 e. The third-order valence-corrected chi connectivity index (χ3v) is 0.867. The molecule has 1 atom stereocenters. The Morgan fingerprint density at radius 2 is 2.11 bits per heavy atom. The summed E-state index contributed by atoms with van der Waals surface area (Å²) in [6.45, 7) is 2.77. The first-order chi connectivity index (χ1) is 4.16. The van der Waals surface area contributed by atoms with Gasteiger partial charge in [-0.2, -0.15) is 0 Å². The van der Waals surface area contributed by atoms with Gasteiger partial charge in [0.1, 0.15) is 0 Å². The van der Waals surface area contributed by atoms with E-state index in [9.17, 15) is 5.11 Å². The maximum atomic E-state index is 10.7. The third-order valence-electron chi connectivity index (χ3n) is 0.867. The second-order valence-corrected chi connectivity index (χ2v) is 2.15. The third kappa shape index (κ3) is 5.76. The highest BCUT2D eigenvalue weighted by molar-refractivity contribution is 4.44. The minimum absolute atomic E-state index is 0.452. The first-order valence-corrected chi connectivity index (χ1v) is 3.09. The molecule has 1 unspecified atom stereocenters. The Morgan fingerprint density at radius 3 is 2.44 bits per heavy atom. The molecule has 0 fully saturated rings. The molecule has 0 aliphatic rings. The van der Waals surface area contributed by atoms with Gasteiger partial charge in [0, 0.05) is 6.61 Å². The van der Waals surface area contributed by atoms with Crippen molar-refractivity contribution >= 4 is 0 Å². The van der Waals surface area contributed by atoms with Crippen LogP contribution in [0.1, 0.15) is 6.92 Å². The molecule has 0 aromatic carbocycles. The van der Waals surface area contributed by atoms with E-state index in [0.717, 1.165) is 0 Å². The highest BCUT2D eigenvalue weighted by Gasteiger charge is 2.04.